The molecule has 1 aromatic carbocycles. The third-order valence-corrected chi connectivity index (χ3v) is 4.50. The molecule has 8 heteroatoms. The first-order valence-corrected chi connectivity index (χ1v) is 8.45. The molecule has 1 fully saturated rings. The predicted molar refractivity (Wildman–Crippen MR) is 94.2 cm³/mol. The number of benzene rings is 1. The Morgan fingerprint density at radius 3 is 2.65 bits per heavy atom. The van der Waals surface area contributed by atoms with E-state index in [1.807, 2.05) is 0 Å². The molecular weight excluding hydrogens is 336 g/mol. The van der Waals surface area contributed by atoms with Crippen LogP contribution in [0.15, 0.2) is 30.5 Å². The Hall–Kier alpha value is -3.03. The summed E-state index contributed by atoms with van der Waals surface area (Å²) in [5.74, 6) is 1.01. The van der Waals surface area contributed by atoms with Crippen molar-refractivity contribution in [1.29, 1.82) is 0 Å². The molecule has 0 saturated carbocycles. The maximum Gasteiger partial charge on any atom is 0.273 e. The zero-order valence-electron chi connectivity index (χ0n) is 14.7. The van der Waals surface area contributed by atoms with Gasteiger partial charge in [0, 0.05) is 55.4 Å². The average molecular weight is 356 g/mol. The number of hydrogen-bond acceptors (Lipinski definition) is 6. The molecule has 1 amide bonds. The topological polar surface area (TPSA) is 98.5 Å². The largest absolute Gasteiger partial charge is 0.474 e. The van der Waals surface area contributed by atoms with Crippen LogP contribution in [0.4, 0.5) is 5.69 Å². The lowest BCUT2D eigenvalue weighted by molar-refractivity contribution is -0.385. The number of nitro groups is 1. The second-order valence-corrected chi connectivity index (χ2v) is 6.26. The van der Waals surface area contributed by atoms with Crippen LogP contribution in [-0.2, 0) is 0 Å². The van der Waals surface area contributed by atoms with E-state index in [0.29, 0.717) is 48.8 Å². The second kappa shape index (κ2) is 7.47. The van der Waals surface area contributed by atoms with Crippen LogP contribution in [0.5, 0.6) is 5.88 Å². The SMILES string of the molecule is Cc1nccc(OC2CCN(C(=O)c3cccc([N+](=O)[O-])c3C)CC2)n1. The summed E-state index contributed by atoms with van der Waals surface area (Å²) in [6.45, 7) is 4.49. The summed E-state index contributed by atoms with van der Waals surface area (Å²) in [4.78, 5) is 33.3. The maximum atomic E-state index is 12.7. The molecule has 2 heterocycles. The molecule has 0 aliphatic carbocycles. The van der Waals surface area contributed by atoms with Gasteiger partial charge in [-0.2, -0.15) is 4.98 Å². The maximum absolute atomic E-state index is 12.7. The Balaban J connectivity index is 1.64. The standard InChI is InChI=1S/C18H20N4O4/c1-12-15(4-3-5-16(12)22(24)25)18(23)21-10-7-14(8-11-21)26-17-6-9-19-13(2)20-17/h3-6,9,14H,7-8,10-11H2,1-2H3. The van der Waals surface area contributed by atoms with Crippen LogP contribution in [0, 0.1) is 24.0 Å². The van der Waals surface area contributed by atoms with E-state index in [9.17, 15) is 14.9 Å². The summed E-state index contributed by atoms with van der Waals surface area (Å²) >= 11 is 0. The van der Waals surface area contributed by atoms with Crippen molar-refractivity contribution in [1.82, 2.24) is 14.9 Å². The van der Waals surface area contributed by atoms with Crippen LogP contribution < -0.4 is 4.74 Å². The van der Waals surface area contributed by atoms with Gasteiger partial charge in [-0.15, -0.1) is 0 Å². The molecule has 0 radical (unpaired) electrons. The van der Waals surface area contributed by atoms with E-state index in [0.717, 1.165) is 0 Å². The van der Waals surface area contributed by atoms with E-state index < -0.39 is 4.92 Å². The number of nitrogens with zero attached hydrogens (tertiary/aromatic N) is 4. The van der Waals surface area contributed by atoms with Crippen molar-refractivity contribution in [3.63, 3.8) is 0 Å². The zero-order valence-corrected chi connectivity index (χ0v) is 14.7. The van der Waals surface area contributed by atoms with Crippen molar-refractivity contribution in [2.24, 2.45) is 0 Å². The molecule has 26 heavy (non-hydrogen) atoms. The van der Waals surface area contributed by atoms with Crippen molar-refractivity contribution in [3.8, 4) is 5.88 Å². The van der Waals surface area contributed by atoms with Gasteiger partial charge in [-0.3, -0.25) is 14.9 Å². The molecule has 1 aromatic heterocycles. The summed E-state index contributed by atoms with van der Waals surface area (Å²) in [7, 11) is 0. The van der Waals surface area contributed by atoms with E-state index in [-0.39, 0.29) is 17.7 Å². The molecule has 0 atom stereocenters. The number of carbonyl (C=O) groups is 1. The minimum Gasteiger partial charge on any atom is -0.474 e. The summed E-state index contributed by atoms with van der Waals surface area (Å²) in [5.41, 5.74) is 0.746. The number of rotatable bonds is 4. The molecule has 0 bridgehead atoms. The molecular formula is C18H20N4O4. The van der Waals surface area contributed by atoms with Crippen molar-refractivity contribution in [2.45, 2.75) is 32.8 Å². The lowest BCUT2D eigenvalue weighted by Gasteiger charge is -2.32. The van der Waals surface area contributed by atoms with Gasteiger partial charge in [-0.25, -0.2) is 4.98 Å². The molecule has 1 saturated heterocycles. The molecule has 1 aliphatic rings. The summed E-state index contributed by atoms with van der Waals surface area (Å²) in [6.07, 6.45) is 3.01. The molecule has 8 nitrogen and oxygen atoms in total. The minimum absolute atomic E-state index is 0.0143. The third-order valence-electron chi connectivity index (χ3n) is 4.50. The van der Waals surface area contributed by atoms with Gasteiger partial charge >= 0.3 is 0 Å². The Labute approximate surface area is 151 Å². The fraction of sp³-hybridized carbons (Fsp3) is 0.389. The Morgan fingerprint density at radius 1 is 1.27 bits per heavy atom. The monoisotopic (exact) mass is 356 g/mol. The highest BCUT2D eigenvalue weighted by Gasteiger charge is 2.27. The van der Waals surface area contributed by atoms with Gasteiger partial charge < -0.3 is 9.64 Å². The van der Waals surface area contributed by atoms with E-state index in [2.05, 4.69) is 9.97 Å². The highest BCUT2D eigenvalue weighted by atomic mass is 16.6. The van der Waals surface area contributed by atoms with E-state index >= 15 is 0 Å². The smallest absolute Gasteiger partial charge is 0.273 e. The highest BCUT2D eigenvalue weighted by molar-refractivity contribution is 5.96. The van der Waals surface area contributed by atoms with E-state index in [1.54, 1.807) is 43.1 Å². The Bertz CT molecular complexity index is 832. The summed E-state index contributed by atoms with van der Waals surface area (Å²) in [6, 6.07) is 6.31. The molecule has 136 valence electrons. The lowest BCUT2D eigenvalue weighted by Crippen LogP contribution is -2.42. The van der Waals surface area contributed by atoms with Gasteiger partial charge in [-0.05, 0) is 19.9 Å². The number of ether oxygens (including phenoxy) is 1. The summed E-state index contributed by atoms with van der Waals surface area (Å²) in [5, 5.41) is 11.1. The van der Waals surface area contributed by atoms with Gasteiger partial charge in [0.25, 0.3) is 11.6 Å². The second-order valence-electron chi connectivity index (χ2n) is 6.26. The van der Waals surface area contributed by atoms with E-state index in [1.165, 1.54) is 6.07 Å². The first kappa shape index (κ1) is 17.8. The average Bonchev–Trinajstić information content (AvgIpc) is 2.62. The molecule has 1 aliphatic heterocycles. The highest BCUT2D eigenvalue weighted by Crippen LogP contribution is 2.24. The number of hydrogen-bond donors (Lipinski definition) is 0. The zero-order chi connectivity index (χ0) is 18.7. The predicted octanol–water partition coefficient (Wildman–Crippen LogP) is 2.69. The fourth-order valence-corrected chi connectivity index (χ4v) is 3.07. The van der Waals surface area contributed by atoms with Crippen molar-refractivity contribution in [2.75, 3.05) is 13.1 Å². The quantitative estimate of drug-likeness (QED) is 0.617. The first-order chi connectivity index (χ1) is 12.5. The molecule has 0 N–H and O–H groups in total. The Morgan fingerprint density at radius 2 is 2.00 bits per heavy atom. The van der Waals surface area contributed by atoms with Gasteiger partial charge in [0.05, 0.1) is 4.92 Å². The van der Waals surface area contributed by atoms with Crippen LogP contribution in [0.2, 0.25) is 0 Å². The molecule has 2 aromatic rings. The van der Waals surface area contributed by atoms with E-state index in [4.69, 9.17) is 4.74 Å². The number of aromatic nitrogens is 2. The number of carbonyl (C=O) groups excluding carboxylic acids is 1. The van der Waals surface area contributed by atoms with Crippen molar-refractivity contribution < 1.29 is 14.5 Å². The van der Waals surface area contributed by atoms with Gasteiger partial charge in [0.15, 0.2) is 0 Å². The van der Waals surface area contributed by atoms with Crippen LogP contribution in [0.1, 0.15) is 34.6 Å². The number of piperidine rings is 1. The third kappa shape index (κ3) is 3.79. The van der Waals surface area contributed by atoms with Crippen molar-refractivity contribution >= 4 is 11.6 Å². The molecule has 0 unspecified atom stereocenters. The van der Waals surface area contributed by atoms with Gasteiger partial charge in [0.1, 0.15) is 11.9 Å². The normalized spacial score (nSPS) is 14.9. The first-order valence-electron chi connectivity index (χ1n) is 8.45. The van der Waals surface area contributed by atoms with Gasteiger partial charge in [-0.1, -0.05) is 6.07 Å². The van der Waals surface area contributed by atoms with Crippen LogP contribution >= 0.6 is 0 Å². The van der Waals surface area contributed by atoms with Crippen LogP contribution in [-0.4, -0.2) is 44.9 Å². The Kier molecular flexibility index (Phi) is 5.11. The number of likely N-dealkylation sites (tertiary alicyclic amines) is 1. The molecule has 3 rings (SSSR count). The fourth-order valence-electron chi connectivity index (χ4n) is 3.07. The van der Waals surface area contributed by atoms with Crippen LogP contribution in [0.25, 0.3) is 0 Å². The number of aryl methyl sites for hydroxylation is 1. The summed E-state index contributed by atoms with van der Waals surface area (Å²) < 4.78 is 5.87. The number of amides is 1. The lowest BCUT2D eigenvalue weighted by atomic mass is 10.0. The van der Waals surface area contributed by atoms with Crippen LogP contribution in [0.3, 0.4) is 0 Å². The number of nitro benzene ring substituents is 1. The van der Waals surface area contributed by atoms with Crippen molar-refractivity contribution in [3.05, 3.63) is 57.5 Å². The minimum atomic E-state index is -0.462. The van der Waals surface area contributed by atoms with Gasteiger partial charge in [0.2, 0.25) is 5.88 Å². The molecule has 0 spiro atoms.